The Morgan fingerprint density at radius 2 is 2.11 bits per heavy atom. The number of nitriles is 1. The first-order valence-electron chi connectivity index (χ1n) is 9.22. The number of hydrogen-bond acceptors (Lipinski definition) is 8. The number of thioether (sulfide) groups is 1. The minimum Gasteiger partial charge on any atom is -0.497 e. The number of rotatable bonds is 7. The highest BCUT2D eigenvalue weighted by Gasteiger charge is 2.32. The summed E-state index contributed by atoms with van der Waals surface area (Å²) in [6, 6.07) is 9.88. The van der Waals surface area contributed by atoms with Gasteiger partial charge in [0.25, 0.3) is 0 Å². The van der Waals surface area contributed by atoms with Crippen LogP contribution >= 0.6 is 23.1 Å². The lowest BCUT2D eigenvalue weighted by molar-refractivity contribution is -0.120. The molecule has 1 fully saturated rings. The van der Waals surface area contributed by atoms with Crippen molar-refractivity contribution in [1.82, 2.24) is 15.5 Å². The number of carbonyl (C=O) groups excluding carboxylic acids is 1. The van der Waals surface area contributed by atoms with E-state index in [1.54, 1.807) is 7.11 Å². The van der Waals surface area contributed by atoms with Crippen molar-refractivity contribution in [3.05, 3.63) is 24.3 Å². The summed E-state index contributed by atoms with van der Waals surface area (Å²) in [6.07, 6.45) is 5.68. The van der Waals surface area contributed by atoms with Crippen LogP contribution in [0.25, 0.3) is 0 Å². The molecule has 1 saturated carbocycles. The van der Waals surface area contributed by atoms with Crippen molar-refractivity contribution < 1.29 is 9.53 Å². The third kappa shape index (κ3) is 5.59. The van der Waals surface area contributed by atoms with Gasteiger partial charge >= 0.3 is 0 Å². The minimum atomic E-state index is -0.714. The molecule has 0 bridgehead atoms. The molecule has 1 aliphatic carbocycles. The number of hydrogen-bond donors (Lipinski definition) is 2. The summed E-state index contributed by atoms with van der Waals surface area (Å²) in [7, 11) is 1.62. The SMILES string of the molecule is COc1cccc(Nc2nnc(SCC(=O)NC3(C#N)CCCCCC3)s2)c1. The van der Waals surface area contributed by atoms with Gasteiger partial charge in [-0.05, 0) is 25.0 Å². The number of aromatic nitrogens is 2. The maximum atomic E-state index is 12.4. The summed E-state index contributed by atoms with van der Waals surface area (Å²) in [5, 5.41) is 24.6. The molecular weight excluding hydrogens is 394 g/mol. The molecule has 2 N–H and O–H groups in total. The number of methoxy groups -OCH3 is 1. The number of carbonyl (C=O) groups is 1. The van der Waals surface area contributed by atoms with Crippen LogP contribution in [0.15, 0.2) is 28.6 Å². The van der Waals surface area contributed by atoms with Crippen LogP contribution in [0.2, 0.25) is 0 Å². The van der Waals surface area contributed by atoms with Crippen molar-refractivity contribution in [3.8, 4) is 11.8 Å². The van der Waals surface area contributed by atoms with E-state index >= 15 is 0 Å². The van der Waals surface area contributed by atoms with E-state index in [2.05, 4.69) is 26.9 Å². The van der Waals surface area contributed by atoms with Crippen LogP contribution in [0.4, 0.5) is 10.8 Å². The van der Waals surface area contributed by atoms with Crippen molar-refractivity contribution in [2.45, 2.75) is 48.4 Å². The molecule has 1 aromatic heterocycles. The van der Waals surface area contributed by atoms with Gasteiger partial charge in [-0.2, -0.15) is 5.26 Å². The van der Waals surface area contributed by atoms with E-state index in [0.29, 0.717) is 9.47 Å². The standard InChI is InChI=1S/C19H23N5O2S2/c1-26-15-8-6-7-14(11-15)21-17-23-24-18(28-17)27-12-16(25)22-19(13-20)9-4-2-3-5-10-19/h6-8,11H,2-5,9-10,12H2,1H3,(H,21,23)(H,22,25). The molecule has 0 saturated heterocycles. The van der Waals surface area contributed by atoms with Gasteiger partial charge in [0.05, 0.1) is 18.9 Å². The number of nitrogens with one attached hydrogen (secondary N) is 2. The fraction of sp³-hybridized carbons (Fsp3) is 0.474. The summed E-state index contributed by atoms with van der Waals surface area (Å²) >= 11 is 2.71. The molecule has 0 aliphatic heterocycles. The lowest BCUT2D eigenvalue weighted by Crippen LogP contribution is -2.47. The molecule has 9 heteroatoms. The van der Waals surface area contributed by atoms with Crippen LogP contribution < -0.4 is 15.4 Å². The van der Waals surface area contributed by atoms with E-state index in [9.17, 15) is 10.1 Å². The van der Waals surface area contributed by atoms with Gasteiger partial charge in [0.15, 0.2) is 4.34 Å². The molecule has 148 valence electrons. The number of ether oxygens (including phenoxy) is 1. The normalized spacial score (nSPS) is 15.9. The summed E-state index contributed by atoms with van der Waals surface area (Å²) in [4.78, 5) is 12.4. The predicted octanol–water partition coefficient (Wildman–Crippen LogP) is 4.12. The maximum absolute atomic E-state index is 12.4. The highest BCUT2D eigenvalue weighted by atomic mass is 32.2. The quantitative estimate of drug-likeness (QED) is 0.516. The van der Waals surface area contributed by atoms with Crippen LogP contribution in [0.1, 0.15) is 38.5 Å². The first-order valence-corrected chi connectivity index (χ1v) is 11.0. The van der Waals surface area contributed by atoms with Crippen LogP contribution in [0.5, 0.6) is 5.75 Å². The van der Waals surface area contributed by atoms with E-state index in [4.69, 9.17) is 4.74 Å². The molecular formula is C19H23N5O2S2. The average molecular weight is 418 g/mol. The fourth-order valence-electron chi connectivity index (χ4n) is 3.17. The fourth-order valence-corrected chi connectivity index (χ4v) is 4.74. The summed E-state index contributed by atoms with van der Waals surface area (Å²) in [5.41, 5.74) is 0.142. The van der Waals surface area contributed by atoms with Crippen LogP contribution in [0.3, 0.4) is 0 Å². The predicted molar refractivity (Wildman–Crippen MR) is 111 cm³/mol. The Morgan fingerprint density at radius 1 is 1.32 bits per heavy atom. The maximum Gasteiger partial charge on any atom is 0.231 e. The molecule has 0 unspecified atom stereocenters. The Kier molecular flexibility index (Phi) is 7.12. The first-order chi connectivity index (χ1) is 13.6. The Labute approximate surface area is 172 Å². The summed E-state index contributed by atoms with van der Waals surface area (Å²) in [5.74, 6) is 0.841. The lowest BCUT2D eigenvalue weighted by Gasteiger charge is -2.26. The Balaban J connectivity index is 1.52. The molecule has 0 radical (unpaired) electrons. The second kappa shape index (κ2) is 9.75. The highest BCUT2D eigenvalue weighted by Crippen LogP contribution is 2.30. The lowest BCUT2D eigenvalue weighted by atomic mass is 9.92. The Morgan fingerprint density at radius 3 is 2.82 bits per heavy atom. The smallest absolute Gasteiger partial charge is 0.231 e. The van der Waals surface area contributed by atoms with E-state index in [-0.39, 0.29) is 11.7 Å². The van der Waals surface area contributed by atoms with E-state index < -0.39 is 5.54 Å². The first kappa shape index (κ1) is 20.4. The van der Waals surface area contributed by atoms with Crippen molar-refractivity contribution in [2.75, 3.05) is 18.2 Å². The van der Waals surface area contributed by atoms with Crippen LogP contribution in [-0.4, -0.2) is 34.5 Å². The van der Waals surface area contributed by atoms with Gasteiger partial charge in [-0.25, -0.2) is 0 Å². The van der Waals surface area contributed by atoms with Crippen LogP contribution in [0, 0.1) is 11.3 Å². The molecule has 0 spiro atoms. The molecule has 1 heterocycles. The monoisotopic (exact) mass is 417 g/mol. The van der Waals surface area contributed by atoms with Gasteiger partial charge in [0.2, 0.25) is 11.0 Å². The number of amides is 1. The molecule has 7 nitrogen and oxygen atoms in total. The van der Waals surface area contributed by atoms with Gasteiger partial charge in [0, 0.05) is 11.8 Å². The molecule has 1 aromatic carbocycles. The second-order valence-corrected chi connectivity index (χ2v) is 8.88. The van der Waals surface area contributed by atoms with E-state index in [1.807, 2.05) is 24.3 Å². The Hall–Kier alpha value is -2.31. The van der Waals surface area contributed by atoms with Crippen molar-refractivity contribution in [2.24, 2.45) is 0 Å². The molecule has 2 aromatic rings. The molecule has 0 atom stereocenters. The number of anilines is 2. The molecule has 3 rings (SSSR count). The topological polar surface area (TPSA) is 99.9 Å². The van der Waals surface area contributed by atoms with Crippen LogP contribution in [-0.2, 0) is 4.79 Å². The van der Waals surface area contributed by atoms with Gasteiger partial charge in [0.1, 0.15) is 11.3 Å². The number of benzene rings is 1. The molecule has 1 amide bonds. The van der Waals surface area contributed by atoms with Crippen molar-refractivity contribution >= 4 is 39.8 Å². The second-order valence-electron chi connectivity index (χ2n) is 6.68. The highest BCUT2D eigenvalue weighted by molar-refractivity contribution is 8.01. The largest absolute Gasteiger partial charge is 0.497 e. The third-order valence-electron chi connectivity index (χ3n) is 4.60. The van der Waals surface area contributed by atoms with Gasteiger partial charge in [-0.3, -0.25) is 4.79 Å². The zero-order chi connectivity index (χ0) is 19.8. The third-order valence-corrected chi connectivity index (χ3v) is 6.58. The van der Waals surface area contributed by atoms with E-state index in [1.165, 1.54) is 23.1 Å². The minimum absolute atomic E-state index is 0.133. The molecule has 1 aliphatic rings. The van der Waals surface area contributed by atoms with Gasteiger partial charge < -0.3 is 15.4 Å². The molecule has 28 heavy (non-hydrogen) atoms. The zero-order valence-corrected chi connectivity index (χ0v) is 17.4. The Bertz CT molecular complexity index is 841. The summed E-state index contributed by atoms with van der Waals surface area (Å²) in [6.45, 7) is 0. The summed E-state index contributed by atoms with van der Waals surface area (Å²) < 4.78 is 5.91. The number of nitrogens with zero attached hydrogens (tertiary/aromatic N) is 3. The van der Waals surface area contributed by atoms with E-state index in [0.717, 1.165) is 50.0 Å². The van der Waals surface area contributed by atoms with Crippen molar-refractivity contribution in [3.63, 3.8) is 0 Å². The van der Waals surface area contributed by atoms with Gasteiger partial charge in [-0.15, -0.1) is 10.2 Å². The zero-order valence-electron chi connectivity index (χ0n) is 15.7. The average Bonchev–Trinajstić information content (AvgIpc) is 3.02. The van der Waals surface area contributed by atoms with Crippen molar-refractivity contribution in [1.29, 1.82) is 5.26 Å². The van der Waals surface area contributed by atoms with Gasteiger partial charge in [-0.1, -0.05) is 54.8 Å².